The number of halogens is 1. The largest absolute Gasteiger partial charge is 0.312 e. The third-order valence-electron chi connectivity index (χ3n) is 2.73. The smallest absolute Gasteiger partial charge is 0.141 e. The molecular formula is C11H11BrN3S. The molecule has 1 radical (unpaired) electrons. The zero-order valence-corrected chi connectivity index (χ0v) is 11.0. The van der Waals surface area contributed by atoms with Crippen LogP contribution in [0.4, 0.5) is 5.82 Å². The van der Waals surface area contributed by atoms with Crippen molar-refractivity contribution in [2.45, 2.75) is 10.7 Å². The van der Waals surface area contributed by atoms with E-state index in [9.17, 15) is 0 Å². The molecule has 3 rings (SSSR count). The van der Waals surface area contributed by atoms with Crippen molar-refractivity contribution in [2.24, 2.45) is 0 Å². The van der Waals surface area contributed by atoms with Crippen LogP contribution in [0.3, 0.4) is 0 Å². The number of nitrogens with zero attached hydrogens (tertiary/aromatic N) is 2. The molecule has 1 aromatic rings. The summed E-state index contributed by atoms with van der Waals surface area (Å²) in [6, 6.07) is 6.87. The van der Waals surface area contributed by atoms with Crippen molar-refractivity contribution in [1.29, 1.82) is 0 Å². The molecule has 16 heavy (non-hydrogen) atoms. The van der Waals surface area contributed by atoms with Crippen LogP contribution in [-0.2, 0) is 0 Å². The Hall–Kier alpha value is -0.520. The molecule has 0 amide bonds. The molecule has 1 atom stereocenters. The molecule has 2 aliphatic heterocycles. The Bertz CT molecular complexity index is 420. The van der Waals surface area contributed by atoms with E-state index in [2.05, 4.69) is 37.2 Å². The van der Waals surface area contributed by atoms with Gasteiger partial charge in [0.1, 0.15) is 10.1 Å². The summed E-state index contributed by atoms with van der Waals surface area (Å²) in [6.07, 6.45) is 2.80. The maximum atomic E-state index is 4.37. The summed E-state index contributed by atoms with van der Waals surface area (Å²) < 4.78 is 0.271. The number of alkyl halides is 1. The van der Waals surface area contributed by atoms with Gasteiger partial charge in [-0.2, -0.15) is 0 Å². The molecule has 1 unspecified atom stereocenters. The molecule has 5 heteroatoms. The Morgan fingerprint density at radius 2 is 2.56 bits per heavy atom. The van der Waals surface area contributed by atoms with Crippen molar-refractivity contribution in [3.63, 3.8) is 0 Å². The van der Waals surface area contributed by atoms with Crippen molar-refractivity contribution in [3.8, 4) is 0 Å². The Kier molecular flexibility index (Phi) is 2.91. The number of rotatable bonds is 1. The van der Waals surface area contributed by atoms with Crippen LogP contribution in [0.15, 0.2) is 28.9 Å². The summed E-state index contributed by atoms with van der Waals surface area (Å²) in [7, 11) is 0. The highest BCUT2D eigenvalue weighted by Gasteiger charge is 2.33. The van der Waals surface area contributed by atoms with E-state index < -0.39 is 0 Å². The lowest BCUT2D eigenvalue weighted by Gasteiger charge is -2.25. The van der Waals surface area contributed by atoms with Gasteiger partial charge in [-0.25, -0.2) is 4.98 Å². The van der Waals surface area contributed by atoms with Crippen LogP contribution in [0.5, 0.6) is 0 Å². The second-order valence-corrected chi connectivity index (χ2v) is 6.34. The number of hydrogen-bond acceptors (Lipinski definition) is 4. The van der Waals surface area contributed by atoms with Crippen molar-refractivity contribution >= 4 is 33.5 Å². The van der Waals surface area contributed by atoms with E-state index in [0.717, 1.165) is 25.3 Å². The minimum Gasteiger partial charge on any atom is -0.312 e. The van der Waals surface area contributed by atoms with E-state index in [-0.39, 0.29) is 4.28 Å². The van der Waals surface area contributed by atoms with Gasteiger partial charge in [-0.3, -0.25) is 0 Å². The molecule has 1 aromatic heterocycles. The van der Waals surface area contributed by atoms with Crippen molar-refractivity contribution in [1.82, 2.24) is 10.3 Å². The molecule has 0 bridgehead atoms. The first-order valence-electron chi connectivity index (χ1n) is 5.21. The molecule has 3 heterocycles. The van der Waals surface area contributed by atoms with Gasteiger partial charge in [-0.15, -0.1) is 0 Å². The maximum Gasteiger partial charge on any atom is 0.141 e. The minimum atomic E-state index is 0.271. The molecule has 0 spiro atoms. The molecule has 0 fully saturated rings. The molecular weight excluding hydrogens is 286 g/mol. The molecule has 1 N–H and O–H groups in total. The molecule has 0 saturated heterocycles. The quantitative estimate of drug-likeness (QED) is 0.636. The standard InChI is InChI=1S/C11H11BrN3S/c12-11-15(10-3-1-2-5-14-10)8-4-6-13-7-9(8)16-11/h1,3,5,11,13H,4,6-7H2. The molecule has 0 saturated carbocycles. The van der Waals surface area contributed by atoms with Gasteiger partial charge in [0, 0.05) is 42.4 Å². The van der Waals surface area contributed by atoms with E-state index >= 15 is 0 Å². The lowest BCUT2D eigenvalue weighted by molar-refractivity contribution is 0.685. The van der Waals surface area contributed by atoms with Gasteiger partial charge in [-0.05, 0) is 12.1 Å². The monoisotopic (exact) mass is 296 g/mol. The van der Waals surface area contributed by atoms with Gasteiger partial charge < -0.3 is 10.2 Å². The summed E-state index contributed by atoms with van der Waals surface area (Å²) in [5, 5.41) is 3.40. The zero-order valence-electron chi connectivity index (χ0n) is 8.61. The predicted octanol–water partition coefficient (Wildman–Crippen LogP) is 2.32. The fourth-order valence-corrected chi connectivity index (χ4v) is 4.24. The molecule has 0 aromatic carbocycles. The fourth-order valence-electron chi connectivity index (χ4n) is 2.00. The summed E-state index contributed by atoms with van der Waals surface area (Å²) in [5.74, 6) is 1.00. The number of anilines is 1. The van der Waals surface area contributed by atoms with Crippen LogP contribution < -0.4 is 10.2 Å². The van der Waals surface area contributed by atoms with Crippen LogP contribution in [0.25, 0.3) is 0 Å². The lowest BCUT2D eigenvalue weighted by atomic mass is 10.2. The predicted molar refractivity (Wildman–Crippen MR) is 70.4 cm³/mol. The average Bonchev–Trinajstić information content (AvgIpc) is 2.66. The van der Waals surface area contributed by atoms with Crippen LogP contribution in [0.1, 0.15) is 6.42 Å². The topological polar surface area (TPSA) is 28.2 Å². The highest BCUT2D eigenvalue weighted by Crippen LogP contribution is 2.44. The maximum absolute atomic E-state index is 4.37. The second-order valence-electron chi connectivity index (χ2n) is 3.69. The Morgan fingerprint density at radius 3 is 3.38 bits per heavy atom. The third kappa shape index (κ3) is 1.77. The summed E-state index contributed by atoms with van der Waals surface area (Å²) in [4.78, 5) is 8.08. The van der Waals surface area contributed by atoms with Gasteiger partial charge in [0.2, 0.25) is 0 Å². The van der Waals surface area contributed by atoms with Gasteiger partial charge >= 0.3 is 0 Å². The molecule has 0 aliphatic carbocycles. The van der Waals surface area contributed by atoms with Crippen LogP contribution >= 0.6 is 27.7 Å². The summed E-state index contributed by atoms with van der Waals surface area (Å²) in [5.41, 5.74) is 1.41. The Labute approximate surface area is 107 Å². The number of hydrogen-bond donors (Lipinski definition) is 1. The van der Waals surface area contributed by atoms with E-state index in [1.807, 2.05) is 23.9 Å². The summed E-state index contributed by atoms with van der Waals surface area (Å²) in [6.45, 7) is 2.03. The number of nitrogens with one attached hydrogen (secondary N) is 1. The first-order chi connectivity index (χ1) is 7.86. The molecule has 2 aliphatic rings. The summed E-state index contributed by atoms with van der Waals surface area (Å²) >= 11 is 5.56. The first-order valence-corrected chi connectivity index (χ1v) is 7.00. The van der Waals surface area contributed by atoms with Crippen molar-refractivity contribution in [2.75, 3.05) is 18.0 Å². The van der Waals surface area contributed by atoms with Crippen LogP contribution in [0, 0.1) is 6.07 Å². The molecule has 3 nitrogen and oxygen atoms in total. The highest BCUT2D eigenvalue weighted by atomic mass is 79.9. The first kappa shape index (κ1) is 10.6. The van der Waals surface area contributed by atoms with Crippen LogP contribution in [0.2, 0.25) is 0 Å². The van der Waals surface area contributed by atoms with E-state index in [1.165, 1.54) is 10.6 Å². The SMILES string of the molecule is BrC1SC2=C(CCNC2)N1c1cc[c]cn1. The number of pyridine rings is 1. The van der Waals surface area contributed by atoms with Gasteiger partial charge in [0.15, 0.2) is 0 Å². The van der Waals surface area contributed by atoms with Gasteiger partial charge in [-0.1, -0.05) is 27.7 Å². The Balaban J connectivity index is 1.97. The van der Waals surface area contributed by atoms with E-state index in [4.69, 9.17) is 0 Å². The number of thioether (sulfide) groups is 1. The molecule has 83 valence electrons. The Morgan fingerprint density at radius 1 is 1.62 bits per heavy atom. The van der Waals surface area contributed by atoms with Gasteiger partial charge in [0.25, 0.3) is 0 Å². The van der Waals surface area contributed by atoms with Crippen molar-refractivity contribution < 1.29 is 0 Å². The number of aromatic nitrogens is 1. The minimum absolute atomic E-state index is 0.271. The van der Waals surface area contributed by atoms with E-state index in [0.29, 0.717) is 0 Å². The second kappa shape index (κ2) is 4.39. The third-order valence-corrected chi connectivity index (χ3v) is 4.77. The lowest BCUT2D eigenvalue weighted by Crippen LogP contribution is -2.30. The fraction of sp³-hybridized carbons (Fsp3) is 0.364. The normalized spacial score (nSPS) is 24.8. The zero-order chi connectivity index (χ0) is 11.0. The van der Waals surface area contributed by atoms with E-state index in [1.54, 1.807) is 6.20 Å². The van der Waals surface area contributed by atoms with Gasteiger partial charge in [0.05, 0.1) is 0 Å². The van der Waals surface area contributed by atoms with Crippen LogP contribution in [-0.4, -0.2) is 22.4 Å². The van der Waals surface area contributed by atoms with Crippen molar-refractivity contribution in [3.05, 3.63) is 35.0 Å². The highest BCUT2D eigenvalue weighted by molar-refractivity contribution is 9.11. The average molecular weight is 297 g/mol.